The summed E-state index contributed by atoms with van der Waals surface area (Å²) in [4.78, 5) is 28.0. The highest BCUT2D eigenvalue weighted by Gasteiger charge is 2.37. The zero-order valence-corrected chi connectivity index (χ0v) is 10.7. The fourth-order valence-electron chi connectivity index (χ4n) is 2.78. The van der Waals surface area contributed by atoms with Crippen LogP contribution >= 0.6 is 0 Å². The number of terminal acetylenes is 1. The van der Waals surface area contributed by atoms with Crippen molar-refractivity contribution in [3.63, 3.8) is 0 Å². The van der Waals surface area contributed by atoms with E-state index in [1.165, 1.54) is 0 Å². The summed E-state index contributed by atoms with van der Waals surface area (Å²) in [5, 5.41) is 0. The SMILES string of the molecule is C#CCCCN1CCC(=O)N2CCCCC2C1=O. The van der Waals surface area contributed by atoms with Crippen LogP contribution in [-0.4, -0.2) is 47.3 Å². The van der Waals surface area contributed by atoms with Gasteiger partial charge in [0, 0.05) is 32.5 Å². The van der Waals surface area contributed by atoms with Crippen molar-refractivity contribution in [2.75, 3.05) is 19.6 Å². The molecule has 2 fully saturated rings. The van der Waals surface area contributed by atoms with Crippen LogP contribution in [0.15, 0.2) is 0 Å². The van der Waals surface area contributed by atoms with E-state index in [0.717, 1.165) is 32.2 Å². The van der Waals surface area contributed by atoms with Crippen molar-refractivity contribution in [1.82, 2.24) is 9.80 Å². The molecule has 0 N–H and O–H groups in total. The molecular formula is C14H20N2O2. The van der Waals surface area contributed by atoms with Crippen molar-refractivity contribution in [3.8, 4) is 12.3 Å². The Hall–Kier alpha value is -1.50. The average Bonchev–Trinajstić information content (AvgIpc) is 2.52. The van der Waals surface area contributed by atoms with Gasteiger partial charge in [0.1, 0.15) is 6.04 Å². The molecule has 2 aliphatic heterocycles. The standard InChI is InChI=1S/C14H20N2O2/c1-2-3-5-9-15-11-8-13(17)16-10-6-4-7-12(16)14(15)18/h1,12H,3-11H2. The number of rotatable bonds is 3. The Labute approximate surface area is 108 Å². The van der Waals surface area contributed by atoms with Crippen LogP contribution in [-0.2, 0) is 9.59 Å². The third kappa shape index (κ3) is 2.66. The first-order valence-electron chi connectivity index (χ1n) is 6.76. The molecule has 2 amide bonds. The Morgan fingerprint density at radius 1 is 1.28 bits per heavy atom. The number of unbranched alkanes of at least 4 members (excludes halogenated alkanes) is 1. The first-order valence-corrected chi connectivity index (χ1v) is 6.76. The molecule has 2 saturated heterocycles. The maximum Gasteiger partial charge on any atom is 0.245 e. The maximum atomic E-state index is 12.4. The summed E-state index contributed by atoms with van der Waals surface area (Å²) in [5.41, 5.74) is 0. The Bertz CT molecular complexity index is 372. The smallest absolute Gasteiger partial charge is 0.245 e. The molecule has 98 valence electrons. The number of carbonyl (C=O) groups excluding carboxylic acids is 2. The van der Waals surface area contributed by atoms with E-state index in [2.05, 4.69) is 5.92 Å². The van der Waals surface area contributed by atoms with Gasteiger partial charge in [-0.25, -0.2) is 0 Å². The van der Waals surface area contributed by atoms with Crippen LogP contribution < -0.4 is 0 Å². The van der Waals surface area contributed by atoms with Crippen molar-refractivity contribution in [2.24, 2.45) is 0 Å². The predicted molar refractivity (Wildman–Crippen MR) is 68.6 cm³/mol. The van der Waals surface area contributed by atoms with Crippen LogP contribution in [0, 0.1) is 12.3 Å². The molecule has 4 nitrogen and oxygen atoms in total. The molecule has 0 aromatic carbocycles. The van der Waals surface area contributed by atoms with E-state index < -0.39 is 0 Å². The van der Waals surface area contributed by atoms with Crippen LogP contribution in [0.25, 0.3) is 0 Å². The van der Waals surface area contributed by atoms with E-state index in [1.54, 1.807) is 4.90 Å². The summed E-state index contributed by atoms with van der Waals surface area (Å²) in [6.07, 6.45) is 10.1. The molecule has 0 aliphatic carbocycles. The Morgan fingerprint density at radius 3 is 2.89 bits per heavy atom. The zero-order chi connectivity index (χ0) is 13.0. The highest BCUT2D eigenvalue weighted by Crippen LogP contribution is 2.22. The summed E-state index contributed by atoms with van der Waals surface area (Å²) >= 11 is 0. The molecule has 0 bridgehead atoms. The van der Waals surface area contributed by atoms with Gasteiger partial charge in [-0.2, -0.15) is 0 Å². The molecule has 1 unspecified atom stereocenters. The topological polar surface area (TPSA) is 40.6 Å². The van der Waals surface area contributed by atoms with Crippen molar-refractivity contribution in [3.05, 3.63) is 0 Å². The number of fused-ring (bicyclic) bond motifs is 1. The predicted octanol–water partition coefficient (Wildman–Crippen LogP) is 1.01. The molecule has 0 aromatic rings. The van der Waals surface area contributed by atoms with Crippen molar-refractivity contribution < 1.29 is 9.59 Å². The summed E-state index contributed by atoms with van der Waals surface area (Å²) in [7, 11) is 0. The van der Waals surface area contributed by atoms with E-state index in [1.807, 2.05) is 4.90 Å². The van der Waals surface area contributed by atoms with Gasteiger partial charge in [0.15, 0.2) is 0 Å². The average molecular weight is 248 g/mol. The quantitative estimate of drug-likeness (QED) is 0.552. The molecule has 4 heteroatoms. The fourth-order valence-corrected chi connectivity index (χ4v) is 2.78. The molecule has 0 aromatic heterocycles. The minimum Gasteiger partial charge on any atom is -0.340 e. The van der Waals surface area contributed by atoms with E-state index >= 15 is 0 Å². The van der Waals surface area contributed by atoms with Gasteiger partial charge in [0.05, 0.1) is 0 Å². The van der Waals surface area contributed by atoms with Crippen LogP contribution in [0.3, 0.4) is 0 Å². The second-order valence-corrected chi connectivity index (χ2v) is 4.98. The van der Waals surface area contributed by atoms with Crippen LogP contribution in [0.1, 0.15) is 38.5 Å². The van der Waals surface area contributed by atoms with Gasteiger partial charge < -0.3 is 9.80 Å². The lowest BCUT2D eigenvalue weighted by Crippen LogP contribution is -2.49. The second kappa shape index (κ2) is 5.90. The second-order valence-electron chi connectivity index (χ2n) is 4.98. The Balaban J connectivity index is 2.04. The van der Waals surface area contributed by atoms with Crippen molar-refractivity contribution >= 4 is 11.8 Å². The highest BCUT2D eigenvalue weighted by atomic mass is 16.2. The van der Waals surface area contributed by atoms with Gasteiger partial charge in [-0.15, -0.1) is 12.3 Å². The number of hydrogen-bond acceptors (Lipinski definition) is 2. The van der Waals surface area contributed by atoms with Gasteiger partial charge in [-0.1, -0.05) is 0 Å². The largest absolute Gasteiger partial charge is 0.340 e. The van der Waals surface area contributed by atoms with E-state index in [9.17, 15) is 9.59 Å². The number of carbonyl (C=O) groups is 2. The minimum absolute atomic E-state index is 0.123. The summed E-state index contributed by atoms with van der Waals surface area (Å²) in [6.45, 7) is 1.98. The van der Waals surface area contributed by atoms with Gasteiger partial charge in [-0.05, 0) is 25.7 Å². The Morgan fingerprint density at radius 2 is 2.11 bits per heavy atom. The van der Waals surface area contributed by atoms with Gasteiger partial charge in [0.2, 0.25) is 11.8 Å². The first-order chi connectivity index (χ1) is 8.74. The normalized spacial score (nSPS) is 24.5. The molecular weight excluding hydrogens is 228 g/mol. The highest BCUT2D eigenvalue weighted by molar-refractivity contribution is 5.90. The van der Waals surface area contributed by atoms with Crippen LogP contribution in [0.4, 0.5) is 0 Å². The molecule has 0 spiro atoms. The van der Waals surface area contributed by atoms with Crippen molar-refractivity contribution in [1.29, 1.82) is 0 Å². The fraction of sp³-hybridized carbons (Fsp3) is 0.714. The van der Waals surface area contributed by atoms with E-state index in [4.69, 9.17) is 6.42 Å². The van der Waals surface area contributed by atoms with Crippen LogP contribution in [0.5, 0.6) is 0 Å². The van der Waals surface area contributed by atoms with Gasteiger partial charge in [-0.3, -0.25) is 9.59 Å². The van der Waals surface area contributed by atoms with E-state index in [0.29, 0.717) is 25.9 Å². The first kappa shape index (κ1) is 12.9. The number of hydrogen-bond donors (Lipinski definition) is 0. The lowest BCUT2D eigenvalue weighted by Gasteiger charge is -2.34. The van der Waals surface area contributed by atoms with Gasteiger partial charge in [0.25, 0.3) is 0 Å². The molecule has 1 atom stereocenters. The zero-order valence-electron chi connectivity index (χ0n) is 10.7. The number of piperidine rings is 1. The third-order valence-corrected chi connectivity index (χ3v) is 3.76. The third-order valence-electron chi connectivity index (χ3n) is 3.76. The summed E-state index contributed by atoms with van der Waals surface area (Å²) < 4.78 is 0. The monoisotopic (exact) mass is 248 g/mol. The summed E-state index contributed by atoms with van der Waals surface area (Å²) in [6, 6.07) is -0.209. The molecule has 0 radical (unpaired) electrons. The number of nitrogens with zero attached hydrogens (tertiary/aromatic N) is 2. The molecule has 0 saturated carbocycles. The van der Waals surface area contributed by atoms with E-state index in [-0.39, 0.29) is 17.9 Å². The molecule has 2 heterocycles. The minimum atomic E-state index is -0.209. The lowest BCUT2D eigenvalue weighted by atomic mass is 10.0. The maximum absolute atomic E-state index is 12.4. The number of amides is 2. The summed E-state index contributed by atoms with van der Waals surface area (Å²) in [5.74, 6) is 2.84. The molecule has 2 rings (SSSR count). The Kier molecular flexibility index (Phi) is 4.24. The lowest BCUT2D eigenvalue weighted by molar-refractivity contribution is -0.143. The molecule has 18 heavy (non-hydrogen) atoms. The van der Waals surface area contributed by atoms with Crippen LogP contribution in [0.2, 0.25) is 0 Å². The van der Waals surface area contributed by atoms with Crippen molar-refractivity contribution in [2.45, 2.75) is 44.6 Å². The molecule has 2 aliphatic rings. The van der Waals surface area contributed by atoms with Gasteiger partial charge >= 0.3 is 0 Å².